The summed E-state index contributed by atoms with van der Waals surface area (Å²) >= 11 is 0. The summed E-state index contributed by atoms with van der Waals surface area (Å²) in [5.41, 5.74) is 0. The second-order valence-electron chi connectivity index (χ2n) is 3.76. The van der Waals surface area contributed by atoms with Gasteiger partial charge in [0.15, 0.2) is 5.03 Å². The summed E-state index contributed by atoms with van der Waals surface area (Å²) in [5.74, 6) is -1.02. The third-order valence-corrected chi connectivity index (χ3v) is 3.63. The number of aliphatic carboxylic acids is 1. The molecule has 7 nitrogen and oxygen atoms in total. The van der Waals surface area contributed by atoms with E-state index in [1.807, 2.05) is 0 Å². The van der Waals surface area contributed by atoms with Crippen molar-refractivity contribution in [1.82, 2.24) is 14.7 Å². The van der Waals surface area contributed by atoms with Crippen molar-refractivity contribution < 1.29 is 18.3 Å². The van der Waals surface area contributed by atoms with Crippen LogP contribution in [0.4, 0.5) is 0 Å². The maximum Gasteiger partial charge on any atom is 0.306 e. The number of aromatic nitrogens is 2. The molecule has 8 heteroatoms. The number of rotatable bonds is 6. The standard InChI is InChI=1S/C9H15N3O4S/c1-6(9(13)14)3-4-11-17(15,16)8-5-10-7(2)12-8/h5-6,11H,3-4H2,1-2H3,(H,10,12)(H,13,14). The lowest BCUT2D eigenvalue weighted by Gasteiger charge is -2.07. The van der Waals surface area contributed by atoms with Gasteiger partial charge >= 0.3 is 5.97 Å². The van der Waals surface area contributed by atoms with Crippen LogP contribution in [-0.4, -0.2) is 36.0 Å². The van der Waals surface area contributed by atoms with Gasteiger partial charge in [0.25, 0.3) is 10.0 Å². The van der Waals surface area contributed by atoms with Gasteiger partial charge in [0.1, 0.15) is 5.82 Å². The quantitative estimate of drug-likeness (QED) is 0.672. The number of carboxylic acid groups (broad SMARTS) is 1. The molecule has 0 amide bonds. The van der Waals surface area contributed by atoms with E-state index in [0.717, 1.165) is 0 Å². The molecule has 1 rings (SSSR count). The predicted octanol–water partition coefficient (Wildman–Crippen LogP) is 0.107. The Kier molecular flexibility index (Phi) is 4.24. The van der Waals surface area contributed by atoms with Gasteiger partial charge in [0.2, 0.25) is 0 Å². The Balaban J connectivity index is 2.54. The normalized spacial score (nSPS) is 13.5. The molecule has 0 aromatic carbocycles. The number of H-pyrrole nitrogens is 1. The van der Waals surface area contributed by atoms with Crippen LogP contribution in [0.1, 0.15) is 19.2 Å². The van der Waals surface area contributed by atoms with Crippen molar-refractivity contribution in [2.75, 3.05) is 6.54 Å². The SMILES string of the molecule is Cc1ncc(S(=O)(=O)NCCC(C)C(=O)O)[nH]1. The number of carboxylic acids is 1. The summed E-state index contributed by atoms with van der Waals surface area (Å²) in [5, 5.41) is 8.62. The smallest absolute Gasteiger partial charge is 0.306 e. The highest BCUT2D eigenvalue weighted by molar-refractivity contribution is 7.89. The van der Waals surface area contributed by atoms with Crippen LogP contribution in [0.25, 0.3) is 0 Å². The predicted molar refractivity (Wildman–Crippen MR) is 59.9 cm³/mol. The maximum atomic E-state index is 11.7. The van der Waals surface area contributed by atoms with Crippen molar-refractivity contribution in [3.05, 3.63) is 12.0 Å². The van der Waals surface area contributed by atoms with Crippen LogP contribution in [0.15, 0.2) is 11.2 Å². The molecular formula is C9H15N3O4S. The lowest BCUT2D eigenvalue weighted by atomic mass is 10.1. The maximum absolute atomic E-state index is 11.7. The van der Waals surface area contributed by atoms with Gasteiger partial charge in [-0.2, -0.15) is 0 Å². The van der Waals surface area contributed by atoms with E-state index < -0.39 is 21.9 Å². The van der Waals surface area contributed by atoms with Crippen molar-refractivity contribution in [2.45, 2.75) is 25.3 Å². The fraction of sp³-hybridized carbons (Fsp3) is 0.556. The minimum Gasteiger partial charge on any atom is -0.481 e. The Labute approximate surface area is 99.3 Å². The molecule has 0 fully saturated rings. The molecule has 0 aliphatic carbocycles. The molecule has 96 valence electrons. The van der Waals surface area contributed by atoms with Crippen LogP contribution in [0, 0.1) is 12.8 Å². The summed E-state index contributed by atoms with van der Waals surface area (Å²) in [6.45, 7) is 3.25. The van der Waals surface area contributed by atoms with E-state index in [1.165, 1.54) is 13.1 Å². The molecule has 0 spiro atoms. The number of carbonyl (C=O) groups is 1. The highest BCUT2D eigenvalue weighted by Gasteiger charge is 2.17. The zero-order chi connectivity index (χ0) is 13.1. The molecule has 1 aromatic rings. The average molecular weight is 261 g/mol. The van der Waals surface area contributed by atoms with E-state index in [2.05, 4.69) is 14.7 Å². The summed E-state index contributed by atoms with van der Waals surface area (Å²) in [7, 11) is -3.62. The number of hydrogen-bond acceptors (Lipinski definition) is 4. The van der Waals surface area contributed by atoms with Gasteiger partial charge < -0.3 is 10.1 Å². The molecule has 0 saturated heterocycles. The number of nitrogens with one attached hydrogen (secondary N) is 2. The van der Waals surface area contributed by atoms with E-state index in [0.29, 0.717) is 5.82 Å². The Bertz CT molecular complexity index is 494. The van der Waals surface area contributed by atoms with E-state index >= 15 is 0 Å². The second kappa shape index (κ2) is 5.28. The number of hydrogen-bond donors (Lipinski definition) is 3. The molecule has 0 bridgehead atoms. The first-order valence-electron chi connectivity index (χ1n) is 5.07. The first kappa shape index (κ1) is 13.7. The van der Waals surface area contributed by atoms with E-state index in [-0.39, 0.29) is 18.0 Å². The molecule has 1 aromatic heterocycles. The number of imidazole rings is 1. The van der Waals surface area contributed by atoms with Crippen LogP contribution in [0.2, 0.25) is 0 Å². The lowest BCUT2D eigenvalue weighted by Crippen LogP contribution is -2.27. The van der Waals surface area contributed by atoms with Crippen LogP contribution in [0.5, 0.6) is 0 Å². The highest BCUT2D eigenvalue weighted by Crippen LogP contribution is 2.06. The third kappa shape index (κ3) is 3.82. The van der Waals surface area contributed by atoms with Crippen molar-refractivity contribution in [3.8, 4) is 0 Å². The van der Waals surface area contributed by atoms with Crippen molar-refractivity contribution >= 4 is 16.0 Å². The second-order valence-corrected chi connectivity index (χ2v) is 5.49. The molecule has 0 aliphatic heterocycles. The number of sulfonamides is 1. The largest absolute Gasteiger partial charge is 0.481 e. The zero-order valence-corrected chi connectivity index (χ0v) is 10.4. The van der Waals surface area contributed by atoms with Crippen molar-refractivity contribution in [2.24, 2.45) is 5.92 Å². The van der Waals surface area contributed by atoms with Gasteiger partial charge in [-0.1, -0.05) is 6.92 Å². The molecule has 17 heavy (non-hydrogen) atoms. The fourth-order valence-electron chi connectivity index (χ4n) is 1.15. The zero-order valence-electron chi connectivity index (χ0n) is 9.60. The van der Waals surface area contributed by atoms with Gasteiger partial charge in [-0.25, -0.2) is 18.1 Å². The molecule has 3 N–H and O–H groups in total. The van der Waals surface area contributed by atoms with E-state index in [1.54, 1.807) is 6.92 Å². The van der Waals surface area contributed by atoms with Gasteiger partial charge in [-0.15, -0.1) is 0 Å². The van der Waals surface area contributed by atoms with Crippen LogP contribution in [-0.2, 0) is 14.8 Å². The van der Waals surface area contributed by atoms with Gasteiger partial charge in [-0.3, -0.25) is 4.79 Å². The molecule has 0 aliphatic rings. The number of aromatic amines is 1. The van der Waals surface area contributed by atoms with Gasteiger partial charge in [-0.05, 0) is 13.3 Å². The third-order valence-electron chi connectivity index (χ3n) is 2.26. The molecule has 1 atom stereocenters. The van der Waals surface area contributed by atoms with Crippen molar-refractivity contribution in [3.63, 3.8) is 0 Å². The monoisotopic (exact) mass is 261 g/mol. The molecule has 0 radical (unpaired) electrons. The molecule has 1 heterocycles. The van der Waals surface area contributed by atoms with Gasteiger partial charge in [0.05, 0.1) is 12.1 Å². The van der Waals surface area contributed by atoms with E-state index in [4.69, 9.17) is 5.11 Å². The first-order chi connectivity index (χ1) is 7.83. The van der Waals surface area contributed by atoms with E-state index in [9.17, 15) is 13.2 Å². The summed E-state index contributed by atoms with van der Waals surface area (Å²) < 4.78 is 25.6. The minimum absolute atomic E-state index is 0.0158. The van der Waals surface area contributed by atoms with Crippen LogP contribution >= 0.6 is 0 Å². The van der Waals surface area contributed by atoms with Crippen molar-refractivity contribution in [1.29, 1.82) is 0 Å². The summed E-state index contributed by atoms with van der Waals surface area (Å²) in [6, 6.07) is 0. The average Bonchev–Trinajstić information content (AvgIpc) is 2.65. The highest BCUT2D eigenvalue weighted by atomic mass is 32.2. The van der Waals surface area contributed by atoms with Gasteiger partial charge in [0, 0.05) is 6.54 Å². The first-order valence-corrected chi connectivity index (χ1v) is 6.55. The molecule has 1 unspecified atom stereocenters. The van der Waals surface area contributed by atoms with Crippen LogP contribution in [0.3, 0.4) is 0 Å². The fourth-order valence-corrected chi connectivity index (χ4v) is 2.16. The number of nitrogens with zero attached hydrogens (tertiary/aromatic N) is 1. The molecule has 0 saturated carbocycles. The Morgan fingerprint density at radius 3 is 2.76 bits per heavy atom. The Hall–Kier alpha value is -1.41. The minimum atomic E-state index is -3.62. The summed E-state index contributed by atoms with van der Waals surface area (Å²) in [4.78, 5) is 16.9. The summed E-state index contributed by atoms with van der Waals surface area (Å²) in [6.07, 6.45) is 1.46. The lowest BCUT2D eigenvalue weighted by molar-refractivity contribution is -0.141. The molecular weight excluding hydrogens is 246 g/mol. The number of aryl methyl sites for hydroxylation is 1. The topological polar surface area (TPSA) is 112 Å². The Morgan fingerprint density at radius 1 is 1.65 bits per heavy atom. The van der Waals surface area contributed by atoms with Crippen LogP contribution < -0.4 is 4.72 Å². The Morgan fingerprint density at radius 2 is 2.29 bits per heavy atom.